The van der Waals surface area contributed by atoms with Gasteiger partial charge in [-0.05, 0) is 74.0 Å². The molecule has 1 fully saturated rings. The van der Waals surface area contributed by atoms with E-state index in [2.05, 4.69) is 68.8 Å². The van der Waals surface area contributed by atoms with Gasteiger partial charge in [0.2, 0.25) is 0 Å². The van der Waals surface area contributed by atoms with Crippen molar-refractivity contribution in [1.29, 1.82) is 0 Å². The molecule has 0 atom stereocenters. The van der Waals surface area contributed by atoms with E-state index in [1.807, 2.05) is 0 Å². The van der Waals surface area contributed by atoms with Gasteiger partial charge in [-0.2, -0.15) is 11.3 Å². The summed E-state index contributed by atoms with van der Waals surface area (Å²) in [5, 5.41) is 4.36. The molecule has 0 radical (unpaired) electrons. The Labute approximate surface area is 137 Å². The maximum Gasteiger partial charge on any atom is 0.494 e. The van der Waals surface area contributed by atoms with Crippen molar-refractivity contribution in [2.24, 2.45) is 0 Å². The van der Waals surface area contributed by atoms with E-state index in [-0.39, 0.29) is 18.3 Å². The zero-order valence-corrected chi connectivity index (χ0v) is 14.6. The smallest absolute Gasteiger partial charge is 0.399 e. The van der Waals surface area contributed by atoms with Crippen molar-refractivity contribution in [3.63, 3.8) is 0 Å². The summed E-state index contributed by atoms with van der Waals surface area (Å²) in [4.78, 5) is 0. The predicted octanol–water partition coefficient (Wildman–Crippen LogP) is 3.83. The molecular formula is C18H23BO2S. The molecule has 0 spiro atoms. The van der Waals surface area contributed by atoms with Crippen LogP contribution in [0.15, 0.2) is 41.1 Å². The molecule has 116 valence electrons. The molecule has 0 amide bonds. The molecule has 2 nitrogen and oxygen atoms in total. The number of benzene rings is 1. The average Bonchev–Trinajstić information content (AvgIpc) is 3.04. The zero-order valence-electron chi connectivity index (χ0n) is 13.8. The van der Waals surface area contributed by atoms with Crippen molar-refractivity contribution in [1.82, 2.24) is 0 Å². The minimum atomic E-state index is -0.282. The molecule has 4 heteroatoms. The molecule has 0 saturated carbocycles. The fraction of sp³-hybridized carbons (Fsp3) is 0.444. The van der Waals surface area contributed by atoms with E-state index in [0.717, 1.165) is 18.3 Å². The molecule has 3 rings (SSSR count). The summed E-state index contributed by atoms with van der Waals surface area (Å²) < 4.78 is 12.2. The first kappa shape index (κ1) is 15.8. The van der Waals surface area contributed by atoms with Crippen molar-refractivity contribution < 1.29 is 9.31 Å². The highest BCUT2D eigenvalue weighted by Gasteiger charge is 2.51. The highest BCUT2D eigenvalue weighted by Crippen LogP contribution is 2.36. The Balaban J connectivity index is 1.65. The highest BCUT2D eigenvalue weighted by atomic mass is 32.1. The van der Waals surface area contributed by atoms with Gasteiger partial charge in [0.05, 0.1) is 11.2 Å². The van der Waals surface area contributed by atoms with E-state index >= 15 is 0 Å². The van der Waals surface area contributed by atoms with Gasteiger partial charge in [0, 0.05) is 0 Å². The monoisotopic (exact) mass is 314 g/mol. The van der Waals surface area contributed by atoms with Crippen molar-refractivity contribution in [2.75, 3.05) is 0 Å². The minimum absolute atomic E-state index is 0.268. The van der Waals surface area contributed by atoms with Crippen LogP contribution in [0.2, 0.25) is 0 Å². The number of hydrogen-bond donors (Lipinski definition) is 0. The lowest BCUT2D eigenvalue weighted by molar-refractivity contribution is 0.00578. The van der Waals surface area contributed by atoms with Gasteiger partial charge in [0.1, 0.15) is 0 Å². The van der Waals surface area contributed by atoms with Gasteiger partial charge in [-0.15, -0.1) is 0 Å². The van der Waals surface area contributed by atoms with Gasteiger partial charge in [0.25, 0.3) is 0 Å². The second-order valence-corrected chi connectivity index (χ2v) is 7.74. The molecule has 1 aromatic heterocycles. The zero-order chi connectivity index (χ0) is 15.8. The summed E-state index contributed by atoms with van der Waals surface area (Å²) in [5.74, 6) is 0. The van der Waals surface area contributed by atoms with Gasteiger partial charge in [0.15, 0.2) is 0 Å². The topological polar surface area (TPSA) is 18.5 Å². The Morgan fingerprint density at radius 1 is 0.864 bits per heavy atom. The summed E-state index contributed by atoms with van der Waals surface area (Å²) in [6.07, 6.45) is 2.17. The van der Waals surface area contributed by atoms with Crippen LogP contribution in [0.5, 0.6) is 0 Å². The minimum Gasteiger partial charge on any atom is -0.399 e. The molecule has 2 heterocycles. The van der Waals surface area contributed by atoms with Gasteiger partial charge < -0.3 is 9.31 Å². The fourth-order valence-electron chi connectivity index (χ4n) is 2.54. The second kappa shape index (κ2) is 5.84. The lowest BCUT2D eigenvalue weighted by Gasteiger charge is -2.32. The van der Waals surface area contributed by atoms with Crippen LogP contribution in [0.1, 0.15) is 38.8 Å². The predicted molar refractivity (Wildman–Crippen MR) is 93.9 cm³/mol. The average molecular weight is 314 g/mol. The van der Waals surface area contributed by atoms with Crippen LogP contribution in [-0.4, -0.2) is 18.3 Å². The molecule has 1 aromatic carbocycles. The highest BCUT2D eigenvalue weighted by molar-refractivity contribution is 7.07. The molecule has 0 bridgehead atoms. The Morgan fingerprint density at radius 3 is 2.00 bits per heavy atom. The SMILES string of the molecule is CC1(C)OB(c2ccc(CCc3ccsc3)cc2)OC1(C)C. The van der Waals surface area contributed by atoms with E-state index in [9.17, 15) is 0 Å². The Bertz CT molecular complexity index is 601. The molecule has 0 unspecified atom stereocenters. The van der Waals surface area contributed by atoms with E-state index in [1.54, 1.807) is 11.3 Å². The van der Waals surface area contributed by atoms with Crippen LogP contribution in [0, 0.1) is 0 Å². The van der Waals surface area contributed by atoms with Crippen molar-refractivity contribution in [2.45, 2.75) is 51.7 Å². The third-order valence-electron chi connectivity index (χ3n) is 4.79. The summed E-state index contributed by atoms with van der Waals surface area (Å²) >= 11 is 1.76. The normalized spacial score (nSPS) is 19.5. The number of thiophene rings is 1. The van der Waals surface area contributed by atoms with Crippen molar-refractivity contribution in [3.05, 3.63) is 52.2 Å². The fourth-order valence-corrected chi connectivity index (χ4v) is 3.25. The maximum atomic E-state index is 6.09. The van der Waals surface area contributed by atoms with Crippen LogP contribution in [0.25, 0.3) is 0 Å². The first-order valence-electron chi connectivity index (χ1n) is 7.83. The molecule has 1 aliphatic rings. The van der Waals surface area contributed by atoms with Crippen LogP contribution in [-0.2, 0) is 22.2 Å². The van der Waals surface area contributed by atoms with Gasteiger partial charge in [-0.1, -0.05) is 24.3 Å². The largest absolute Gasteiger partial charge is 0.494 e. The lowest BCUT2D eigenvalue weighted by atomic mass is 9.78. The summed E-state index contributed by atoms with van der Waals surface area (Å²) in [5.41, 5.74) is 3.30. The summed E-state index contributed by atoms with van der Waals surface area (Å²) in [6, 6.07) is 10.8. The third kappa shape index (κ3) is 3.14. The van der Waals surface area contributed by atoms with Crippen molar-refractivity contribution in [3.8, 4) is 0 Å². The van der Waals surface area contributed by atoms with Crippen molar-refractivity contribution >= 4 is 23.9 Å². The van der Waals surface area contributed by atoms with Gasteiger partial charge in [-0.25, -0.2) is 0 Å². The Morgan fingerprint density at radius 2 is 1.45 bits per heavy atom. The maximum absolute atomic E-state index is 6.09. The first-order chi connectivity index (χ1) is 10.4. The molecule has 0 N–H and O–H groups in total. The number of rotatable bonds is 4. The van der Waals surface area contributed by atoms with E-state index in [0.29, 0.717) is 0 Å². The Hall–Kier alpha value is -1.10. The number of hydrogen-bond acceptors (Lipinski definition) is 3. The molecule has 1 saturated heterocycles. The quantitative estimate of drug-likeness (QED) is 0.799. The van der Waals surface area contributed by atoms with Crippen LogP contribution >= 0.6 is 11.3 Å². The number of aryl methyl sites for hydroxylation is 2. The van der Waals surface area contributed by atoms with Crippen LogP contribution < -0.4 is 5.46 Å². The molecule has 1 aliphatic heterocycles. The molecular weight excluding hydrogens is 291 g/mol. The first-order valence-corrected chi connectivity index (χ1v) is 8.77. The standard InChI is InChI=1S/C18H23BO2S/c1-17(2)18(3,4)21-19(20-17)16-9-7-14(8-10-16)5-6-15-11-12-22-13-15/h7-13H,5-6H2,1-4H3. The summed E-state index contributed by atoms with van der Waals surface area (Å²) in [6.45, 7) is 8.34. The van der Waals surface area contributed by atoms with E-state index in [4.69, 9.17) is 9.31 Å². The molecule has 22 heavy (non-hydrogen) atoms. The van der Waals surface area contributed by atoms with Crippen LogP contribution in [0.3, 0.4) is 0 Å². The second-order valence-electron chi connectivity index (χ2n) is 6.96. The van der Waals surface area contributed by atoms with Gasteiger partial charge in [-0.3, -0.25) is 0 Å². The summed E-state index contributed by atoms with van der Waals surface area (Å²) in [7, 11) is -0.268. The van der Waals surface area contributed by atoms with Crippen LogP contribution in [0.4, 0.5) is 0 Å². The molecule has 2 aromatic rings. The lowest BCUT2D eigenvalue weighted by Crippen LogP contribution is -2.41. The van der Waals surface area contributed by atoms with E-state index < -0.39 is 0 Å². The molecule has 0 aliphatic carbocycles. The van der Waals surface area contributed by atoms with E-state index in [1.165, 1.54) is 11.1 Å². The third-order valence-corrected chi connectivity index (χ3v) is 5.52. The van der Waals surface area contributed by atoms with Gasteiger partial charge >= 0.3 is 7.12 Å². The Kier molecular flexibility index (Phi) is 4.19.